The van der Waals surface area contributed by atoms with E-state index < -0.39 is 5.97 Å². The first-order chi connectivity index (χ1) is 9.20. The van der Waals surface area contributed by atoms with Crippen LogP contribution in [0.3, 0.4) is 0 Å². The number of aliphatic carboxylic acids is 1. The number of anilines is 1. The highest BCUT2D eigenvalue weighted by atomic mass is 16.5. The molecule has 1 aliphatic rings. The summed E-state index contributed by atoms with van der Waals surface area (Å²) in [6.45, 7) is 3.97. The average molecular weight is 267 g/mol. The van der Waals surface area contributed by atoms with Gasteiger partial charge in [0.25, 0.3) is 0 Å². The first-order valence-electron chi connectivity index (χ1n) is 6.21. The fourth-order valence-corrected chi connectivity index (χ4v) is 2.04. The molecule has 0 saturated carbocycles. The summed E-state index contributed by atoms with van der Waals surface area (Å²) in [6, 6.07) is 1.51. The van der Waals surface area contributed by atoms with E-state index in [0.717, 1.165) is 0 Å². The Hall–Kier alpha value is -1.89. The molecular weight excluding hydrogens is 250 g/mol. The van der Waals surface area contributed by atoms with Crippen molar-refractivity contribution in [3.63, 3.8) is 0 Å². The number of hydrogen-bond acceptors (Lipinski definition) is 6. The molecule has 1 aromatic heterocycles. The van der Waals surface area contributed by atoms with Gasteiger partial charge >= 0.3 is 5.97 Å². The van der Waals surface area contributed by atoms with Crippen molar-refractivity contribution < 1.29 is 19.4 Å². The lowest BCUT2D eigenvalue weighted by atomic mass is 10.1. The maximum Gasteiger partial charge on any atom is 0.305 e. The van der Waals surface area contributed by atoms with Gasteiger partial charge in [-0.15, -0.1) is 0 Å². The molecule has 7 heteroatoms. The molecule has 0 aliphatic carbocycles. The van der Waals surface area contributed by atoms with Crippen LogP contribution < -0.4 is 9.64 Å². The Labute approximate surface area is 111 Å². The lowest BCUT2D eigenvalue weighted by Gasteiger charge is -2.35. The van der Waals surface area contributed by atoms with Gasteiger partial charge in [0.15, 0.2) is 0 Å². The van der Waals surface area contributed by atoms with Gasteiger partial charge < -0.3 is 19.5 Å². The molecule has 0 aromatic carbocycles. The van der Waals surface area contributed by atoms with Crippen LogP contribution in [0, 0.1) is 0 Å². The maximum absolute atomic E-state index is 10.9. The summed E-state index contributed by atoms with van der Waals surface area (Å²) in [5.41, 5.74) is 0. The highest BCUT2D eigenvalue weighted by Crippen LogP contribution is 2.21. The molecule has 1 atom stereocenters. The minimum atomic E-state index is -0.848. The standard InChI is InChI=1S/C12H17N3O4/c1-2-19-11-6-10(13-8-14-11)15-3-4-18-7-9(15)5-12(16)17/h6,8-9H,2-5,7H2,1H3,(H,16,17). The van der Waals surface area contributed by atoms with Crippen molar-refractivity contribution in [3.8, 4) is 5.88 Å². The van der Waals surface area contributed by atoms with Crippen LogP contribution in [0.2, 0.25) is 0 Å². The smallest absolute Gasteiger partial charge is 0.305 e. The summed E-state index contributed by atoms with van der Waals surface area (Å²) in [5, 5.41) is 8.93. The summed E-state index contributed by atoms with van der Waals surface area (Å²) in [4.78, 5) is 21.0. The predicted molar refractivity (Wildman–Crippen MR) is 67.4 cm³/mol. The third-order valence-electron chi connectivity index (χ3n) is 2.85. The molecule has 7 nitrogen and oxygen atoms in total. The summed E-state index contributed by atoms with van der Waals surface area (Å²) < 4.78 is 10.7. The van der Waals surface area contributed by atoms with Crippen molar-refractivity contribution in [2.75, 3.05) is 31.3 Å². The molecule has 1 aromatic rings. The Morgan fingerprint density at radius 2 is 2.47 bits per heavy atom. The number of carboxylic acid groups (broad SMARTS) is 1. The topological polar surface area (TPSA) is 84.8 Å². The van der Waals surface area contributed by atoms with E-state index in [1.807, 2.05) is 11.8 Å². The normalized spacial score (nSPS) is 19.2. The van der Waals surface area contributed by atoms with Gasteiger partial charge in [0.05, 0.1) is 32.3 Å². The largest absolute Gasteiger partial charge is 0.481 e. The predicted octanol–water partition coefficient (Wildman–Crippen LogP) is 0.555. The molecule has 1 aliphatic heterocycles. The van der Waals surface area contributed by atoms with Crippen LogP contribution in [0.4, 0.5) is 5.82 Å². The molecule has 1 fully saturated rings. The molecule has 1 N–H and O–H groups in total. The molecule has 0 spiro atoms. The van der Waals surface area contributed by atoms with E-state index in [-0.39, 0.29) is 12.5 Å². The van der Waals surface area contributed by atoms with Gasteiger partial charge in [-0.3, -0.25) is 4.79 Å². The van der Waals surface area contributed by atoms with Crippen LogP contribution >= 0.6 is 0 Å². The summed E-state index contributed by atoms with van der Waals surface area (Å²) in [7, 11) is 0. The number of nitrogens with zero attached hydrogens (tertiary/aromatic N) is 3. The lowest BCUT2D eigenvalue weighted by molar-refractivity contribution is -0.138. The fourth-order valence-electron chi connectivity index (χ4n) is 2.04. The van der Waals surface area contributed by atoms with E-state index in [1.165, 1.54) is 6.33 Å². The van der Waals surface area contributed by atoms with E-state index in [0.29, 0.717) is 38.1 Å². The second-order valence-electron chi connectivity index (χ2n) is 4.17. The molecule has 0 bridgehead atoms. The molecule has 0 amide bonds. The summed E-state index contributed by atoms with van der Waals surface area (Å²) >= 11 is 0. The first-order valence-corrected chi connectivity index (χ1v) is 6.21. The Bertz CT molecular complexity index is 441. The van der Waals surface area contributed by atoms with Gasteiger partial charge in [-0.2, -0.15) is 0 Å². The maximum atomic E-state index is 10.9. The van der Waals surface area contributed by atoms with Gasteiger partial charge in [0.1, 0.15) is 12.1 Å². The minimum Gasteiger partial charge on any atom is -0.481 e. The molecule has 2 heterocycles. The van der Waals surface area contributed by atoms with E-state index in [2.05, 4.69) is 9.97 Å². The van der Waals surface area contributed by atoms with E-state index in [4.69, 9.17) is 14.6 Å². The Kier molecular flexibility index (Phi) is 4.51. The quantitative estimate of drug-likeness (QED) is 0.834. The molecular formula is C12H17N3O4. The van der Waals surface area contributed by atoms with Crippen molar-refractivity contribution >= 4 is 11.8 Å². The van der Waals surface area contributed by atoms with Crippen molar-refractivity contribution in [2.45, 2.75) is 19.4 Å². The van der Waals surface area contributed by atoms with Gasteiger partial charge in [-0.1, -0.05) is 0 Å². The molecule has 104 valence electrons. The minimum absolute atomic E-state index is 0.0218. The van der Waals surface area contributed by atoms with Crippen LogP contribution in [0.15, 0.2) is 12.4 Å². The van der Waals surface area contributed by atoms with Crippen LogP contribution in [0.1, 0.15) is 13.3 Å². The number of morpholine rings is 1. The number of hydrogen-bond donors (Lipinski definition) is 1. The number of carboxylic acids is 1. The van der Waals surface area contributed by atoms with Gasteiger partial charge in [-0.25, -0.2) is 9.97 Å². The van der Waals surface area contributed by atoms with Crippen molar-refractivity contribution in [1.82, 2.24) is 9.97 Å². The molecule has 0 radical (unpaired) electrons. The Morgan fingerprint density at radius 3 is 3.21 bits per heavy atom. The average Bonchev–Trinajstić information content (AvgIpc) is 2.39. The van der Waals surface area contributed by atoms with Crippen molar-refractivity contribution in [1.29, 1.82) is 0 Å². The zero-order valence-electron chi connectivity index (χ0n) is 10.8. The number of rotatable bonds is 5. The fraction of sp³-hybridized carbons (Fsp3) is 0.583. The van der Waals surface area contributed by atoms with Crippen LogP contribution in [0.5, 0.6) is 5.88 Å². The SMILES string of the molecule is CCOc1cc(N2CCOCC2CC(=O)O)ncn1. The van der Waals surface area contributed by atoms with Gasteiger partial charge in [0, 0.05) is 12.6 Å². The first kappa shape index (κ1) is 13.5. The van der Waals surface area contributed by atoms with E-state index >= 15 is 0 Å². The third kappa shape index (κ3) is 3.54. The molecule has 2 rings (SSSR count). The summed E-state index contributed by atoms with van der Waals surface area (Å²) in [5.74, 6) is 0.320. The zero-order valence-corrected chi connectivity index (χ0v) is 10.8. The second-order valence-corrected chi connectivity index (χ2v) is 4.17. The Morgan fingerprint density at radius 1 is 1.63 bits per heavy atom. The van der Waals surface area contributed by atoms with Crippen molar-refractivity contribution in [3.05, 3.63) is 12.4 Å². The van der Waals surface area contributed by atoms with Crippen LogP contribution in [-0.4, -0.2) is 53.5 Å². The van der Waals surface area contributed by atoms with E-state index in [1.54, 1.807) is 6.07 Å². The third-order valence-corrected chi connectivity index (χ3v) is 2.85. The monoisotopic (exact) mass is 267 g/mol. The number of aromatic nitrogens is 2. The zero-order chi connectivity index (χ0) is 13.7. The van der Waals surface area contributed by atoms with E-state index in [9.17, 15) is 4.79 Å². The highest BCUT2D eigenvalue weighted by Gasteiger charge is 2.26. The number of carbonyl (C=O) groups is 1. The molecule has 1 saturated heterocycles. The van der Waals surface area contributed by atoms with Crippen molar-refractivity contribution in [2.24, 2.45) is 0 Å². The molecule has 19 heavy (non-hydrogen) atoms. The van der Waals surface area contributed by atoms with Gasteiger partial charge in [0.2, 0.25) is 5.88 Å². The van der Waals surface area contributed by atoms with Crippen LogP contribution in [0.25, 0.3) is 0 Å². The summed E-state index contributed by atoms with van der Waals surface area (Å²) in [6.07, 6.45) is 1.45. The lowest BCUT2D eigenvalue weighted by Crippen LogP contribution is -2.47. The highest BCUT2D eigenvalue weighted by molar-refractivity contribution is 5.68. The number of ether oxygens (including phenoxy) is 2. The van der Waals surface area contributed by atoms with Crippen LogP contribution in [-0.2, 0) is 9.53 Å². The molecule has 1 unspecified atom stereocenters. The van der Waals surface area contributed by atoms with Gasteiger partial charge in [-0.05, 0) is 6.92 Å². The Balaban J connectivity index is 2.16. The second kappa shape index (κ2) is 6.33.